The van der Waals surface area contributed by atoms with E-state index in [9.17, 15) is 4.79 Å². The zero-order valence-corrected chi connectivity index (χ0v) is 14.6. The number of piperidine rings is 1. The van der Waals surface area contributed by atoms with E-state index < -0.39 is 0 Å². The number of fused-ring (bicyclic) bond motifs is 1. The van der Waals surface area contributed by atoms with E-state index in [4.69, 9.17) is 0 Å². The number of hydrogen-bond acceptors (Lipinski definition) is 3. The Hall–Kier alpha value is -0.610. The lowest BCUT2D eigenvalue weighted by molar-refractivity contribution is -0.134. The van der Waals surface area contributed by atoms with Crippen LogP contribution in [0.3, 0.4) is 0 Å². The lowest BCUT2D eigenvalue weighted by Crippen LogP contribution is -2.43. The second kappa shape index (κ2) is 7.10. The van der Waals surface area contributed by atoms with Gasteiger partial charge in [0, 0.05) is 38.6 Å². The third kappa shape index (κ3) is 3.58. The number of hydrogen-bond donors (Lipinski definition) is 0. The summed E-state index contributed by atoms with van der Waals surface area (Å²) in [6.07, 6.45) is 8.91. The van der Waals surface area contributed by atoms with Crippen molar-refractivity contribution in [3.05, 3.63) is 0 Å². The molecule has 1 aliphatic carbocycles. The highest BCUT2D eigenvalue weighted by Gasteiger charge is 2.40. The SMILES string of the molecule is O=C(C1CCCC1)N1C[C@H]2CCN(CCN3CCCC3)C[C@H]2C1. The van der Waals surface area contributed by atoms with Crippen LogP contribution in [0, 0.1) is 17.8 Å². The Kier molecular flexibility index (Phi) is 4.91. The summed E-state index contributed by atoms with van der Waals surface area (Å²) < 4.78 is 0. The van der Waals surface area contributed by atoms with Crippen LogP contribution in [0.1, 0.15) is 44.9 Å². The van der Waals surface area contributed by atoms with Gasteiger partial charge in [0.15, 0.2) is 0 Å². The monoisotopic (exact) mass is 319 g/mol. The van der Waals surface area contributed by atoms with Gasteiger partial charge in [-0.25, -0.2) is 0 Å². The minimum absolute atomic E-state index is 0.362. The molecule has 1 amide bonds. The predicted molar refractivity (Wildman–Crippen MR) is 92.2 cm³/mol. The lowest BCUT2D eigenvalue weighted by atomic mass is 9.89. The topological polar surface area (TPSA) is 26.8 Å². The van der Waals surface area contributed by atoms with Gasteiger partial charge in [-0.1, -0.05) is 12.8 Å². The standard InChI is InChI=1S/C19H33N3O/c23-19(16-5-1-2-6-16)22-14-17-7-10-21(13-18(17)15-22)12-11-20-8-3-4-9-20/h16-18H,1-15H2/t17-,18+/m1/s1. The number of likely N-dealkylation sites (tertiary alicyclic amines) is 3. The third-order valence-corrected chi connectivity index (χ3v) is 6.83. The fourth-order valence-electron chi connectivity index (χ4n) is 5.35. The molecular formula is C19H33N3O. The Morgan fingerprint density at radius 1 is 0.739 bits per heavy atom. The maximum atomic E-state index is 12.7. The molecule has 4 aliphatic rings. The van der Waals surface area contributed by atoms with Crippen molar-refractivity contribution in [2.45, 2.75) is 44.9 Å². The van der Waals surface area contributed by atoms with Crippen molar-refractivity contribution in [1.29, 1.82) is 0 Å². The highest BCUT2D eigenvalue weighted by atomic mass is 16.2. The molecule has 0 aromatic heterocycles. The molecule has 0 aromatic carbocycles. The molecule has 130 valence electrons. The molecule has 4 heteroatoms. The van der Waals surface area contributed by atoms with Crippen LogP contribution in [0.15, 0.2) is 0 Å². The zero-order valence-electron chi connectivity index (χ0n) is 14.6. The van der Waals surface area contributed by atoms with E-state index in [1.165, 1.54) is 71.4 Å². The van der Waals surface area contributed by atoms with Gasteiger partial charge in [-0.3, -0.25) is 4.79 Å². The van der Waals surface area contributed by atoms with E-state index in [1.54, 1.807) is 0 Å². The largest absolute Gasteiger partial charge is 0.342 e. The van der Waals surface area contributed by atoms with Crippen molar-refractivity contribution >= 4 is 5.91 Å². The average Bonchev–Trinajstić information content (AvgIpc) is 3.32. The van der Waals surface area contributed by atoms with E-state index in [0.29, 0.717) is 11.8 Å². The number of amides is 1. The second-order valence-corrected chi connectivity index (χ2v) is 8.38. The van der Waals surface area contributed by atoms with E-state index in [2.05, 4.69) is 14.7 Å². The summed E-state index contributed by atoms with van der Waals surface area (Å²) in [6.45, 7) is 9.68. The summed E-state index contributed by atoms with van der Waals surface area (Å²) >= 11 is 0. The van der Waals surface area contributed by atoms with Crippen LogP contribution in [0.4, 0.5) is 0 Å². The molecule has 0 aromatic rings. The van der Waals surface area contributed by atoms with Gasteiger partial charge in [-0.05, 0) is 63.6 Å². The molecule has 4 fully saturated rings. The first-order valence-corrected chi connectivity index (χ1v) is 10.0. The van der Waals surface area contributed by atoms with E-state index in [1.807, 2.05) is 0 Å². The first-order chi connectivity index (χ1) is 11.3. The second-order valence-electron chi connectivity index (χ2n) is 8.38. The molecule has 23 heavy (non-hydrogen) atoms. The molecule has 3 heterocycles. The van der Waals surface area contributed by atoms with Crippen LogP contribution >= 0.6 is 0 Å². The smallest absolute Gasteiger partial charge is 0.225 e. The molecule has 4 rings (SSSR count). The summed E-state index contributed by atoms with van der Waals surface area (Å²) in [5.41, 5.74) is 0. The Morgan fingerprint density at radius 2 is 1.43 bits per heavy atom. The van der Waals surface area contributed by atoms with Crippen molar-refractivity contribution in [2.24, 2.45) is 17.8 Å². The van der Waals surface area contributed by atoms with Crippen molar-refractivity contribution in [1.82, 2.24) is 14.7 Å². The average molecular weight is 319 g/mol. The van der Waals surface area contributed by atoms with Gasteiger partial charge < -0.3 is 14.7 Å². The molecule has 0 unspecified atom stereocenters. The minimum atomic E-state index is 0.362. The third-order valence-electron chi connectivity index (χ3n) is 6.83. The van der Waals surface area contributed by atoms with Gasteiger partial charge >= 0.3 is 0 Å². The molecule has 4 nitrogen and oxygen atoms in total. The molecule has 3 saturated heterocycles. The Balaban J connectivity index is 1.25. The molecule has 2 atom stereocenters. The Bertz CT molecular complexity index is 415. The fourth-order valence-corrected chi connectivity index (χ4v) is 5.35. The molecule has 0 N–H and O–H groups in total. The van der Waals surface area contributed by atoms with Crippen LogP contribution in [0.2, 0.25) is 0 Å². The minimum Gasteiger partial charge on any atom is -0.342 e. The summed E-state index contributed by atoms with van der Waals surface area (Å²) in [6, 6.07) is 0. The Morgan fingerprint density at radius 3 is 2.22 bits per heavy atom. The maximum absolute atomic E-state index is 12.7. The predicted octanol–water partition coefficient (Wildman–Crippen LogP) is 2.05. The summed E-state index contributed by atoms with van der Waals surface area (Å²) in [5, 5.41) is 0. The van der Waals surface area contributed by atoms with Gasteiger partial charge in [0.2, 0.25) is 5.91 Å². The molecule has 3 aliphatic heterocycles. The van der Waals surface area contributed by atoms with Crippen molar-refractivity contribution in [3.63, 3.8) is 0 Å². The summed E-state index contributed by atoms with van der Waals surface area (Å²) in [5.74, 6) is 2.37. The van der Waals surface area contributed by atoms with Crippen LogP contribution < -0.4 is 0 Å². The quantitative estimate of drug-likeness (QED) is 0.793. The molecule has 0 bridgehead atoms. The maximum Gasteiger partial charge on any atom is 0.225 e. The first kappa shape index (κ1) is 15.9. The zero-order chi connectivity index (χ0) is 15.6. The Labute approximate surface area is 141 Å². The van der Waals surface area contributed by atoms with Gasteiger partial charge in [0.25, 0.3) is 0 Å². The number of carbonyl (C=O) groups is 1. The molecule has 1 saturated carbocycles. The van der Waals surface area contributed by atoms with E-state index >= 15 is 0 Å². The number of carbonyl (C=O) groups excluding carboxylic acids is 1. The van der Waals surface area contributed by atoms with Crippen molar-refractivity contribution in [3.8, 4) is 0 Å². The van der Waals surface area contributed by atoms with Crippen LogP contribution in [-0.4, -0.2) is 73.0 Å². The summed E-state index contributed by atoms with van der Waals surface area (Å²) in [4.78, 5) is 20.2. The van der Waals surface area contributed by atoms with Crippen molar-refractivity contribution < 1.29 is 4.79 Å². The van der Waals surface area contributed by atoms with Crippen LogP contribution in [0.5, 0.6) is 0 Å². The van der Waals surface area contributed by atoms with Crippen LogP contribution in [-0.2, 0) is 4.79 Å². The first-order valence-electron chi connectivity index (χ1n) is 10.0. The normalized spacial score (nSPS) is 33.5. The van der Waals surface area contributed by atoms with Crippen LogP contribution in [0.25, 0.3) is 0 Å². The summed E-state index contributed by atoms with van der Waals surface area (Å²) in [7, 11) is 0. The lowest BCUT2D eigenvalue weighted by Gasteiger charge is -2.35. The van der Waals surface area contributed by atoms with Gasteiger partial charge in [0.05, 0.1) is 0 Å². The van der Waals surface area contributed by atoms with Gasteiger partial charge in [0.1, 0.15) is 0 Å². The van der Waals surface area contributed by atoms with Crippen molar-refractivity contribution in [2.75, 3.05) is 52.4 Å². The molecule has 0 radical (unpaired) electrons. The highest BCUT2D eigenvalue weighted by Crippen LogP contribution is 2.34. The number of rotatable bonds is 4. The van der Waals surface area contributed by atoms with E-state index in [0.717, 1.165) is 37.8 Å². The highest BCUT2D eigenvalue weighted by molar-refractivity contribution is 5.79. The van der Waals surface area contributed by atoms with E-state index in [-0.39, 0.29) is 0 Å². The van der Waals surface area contributed by atoms with Gasteiger partial charge in [-0.15, -0.1) is 0 Å². The fraction of sp³-hybridized carbons (Fsp3) is 0.947. The van der Waals surface area contributed by atoms with Gasteiger partial charge in [-0.2, -0.15) is 0 Å². The number of nitrogens with zero attached hydrogens (tertiary/aromatic N) is 3. The molecule has 0 spiro atoms. The molecular weight excluding hydrogens is 286 g/mol.